The Labute approximate surface area is 522 Å². The number of aromatic hydroxyl groups is 2. The Kier molecular flexibility index (Phi) is 30.5. The van der Waals surface area contributed by atoms with Crippen LogP contribution in [0.15, 0.2) is 133 Å². The minimum atomic E-state index is -1.07. The number of hydrogen-bond acceptors (Lipinski definition) is 12. The monoisotopic (exact) mass is 1210 g/mol. The molecule has 2 aliphatic rings. The van der Waals surface area contributed by atoms with Gasteiger partial charge in [0.1, 0.15) is 46.7 Å². The zero-order valence-corrected chi connectivity index (χ0v) is 51.6. The van der Waals surface area contributed by atoms with E-state index in [1.165, 1.54) is 55.3 Å². The number of rotatable bonds is 23. The fraction of sp³-hybridized carbons (Fsp3) is 0.386. The minimum Gasteiger partial charge on any atom is -0.507 e. The van der Waals surface area contributed by atoms with Crippen molar-refractivity contribution >= 4 is 65.4 Å². The Morgan fingerprint density at radius 2 is 1.36 bits per heavy atom. The number of nitrogens with one attached hydrogen (secondary N) is 2. The summed E-state index contributed by atoms with van der Waals surface area (Å²) in [6.07, 6.45) is 27.2. The summed E-state index contributed by atoms with van der Waals surface area (Å²) < 4.78 is 41.4. The summed E-state index contributed by atoms with van der Waals surface area (Å²) in [6.45, 7) is 23.0. The highest BCUT2D eigenvalue weighted by Crippen LogP contribution is 2.49. The van der Waals surface area contributed by atoms with Gasteiger partial charge in [0, 0.05) is 53.5 Å². The Morgan fingerprint density at radius 1 is 0.828 bits per heavy atom. The first kappa shape index (κ1) is 71.2. The molecule has 2 aliphatic carbocycles. The molecule has 14 nitrogen and oxygen atoms in total. The number of phenols is 2. The lowest BCUT2D eigenvalue weighted by Gasteiger charge is -2.32. The van der Waals surface area contributed by atoms with Crippen LogP contribution in [0.4, 0.5) is 21.6 Å². The second kappa shape index (κ2) is 37.3. The number of aryl methyl sites for hydroxylation is 2. The van der Waals surface area contributed by atoms with Crippen molar-refractivity contribution in [1.29, 1.82) is 0 Å². The van der Waals surface area contributed by atoms with Crippen molar-refractivity contribution in [3.8, 4) is 41.1 Å². The summed E-state index contributed by atoms with van der Waals surface area (Å²) in [5.41, 5.74) is 9.50. The highest BCUT2D eigenvalue weighted by atomic mass is 35.5. The molecule has 0 fully saturated rings. The van der Waals surface area contributed by atoms with Crippen molar-refractivity contribution in [2.75, 3.05) is 24.4 Å². The van der Waals surface area contributed by atoms with Crippen molar-refractivity contribution in [1.82, 2.24) is 9.97 Å². The smallest absolute Gasteiger partial charge is 0.384 e. The van der Waals surface area contributed by atoms with Gasteiger partial charge in [-0.1, -0.05) is 113 Å². The van der Waals surface area contributed by atoms with Crippen molar-refractivity contribution in [2.45, 2.75) is 152 Å². The molecule has 0 spiro atoms. The zero-order chi connectivity index (χ0) is 64.2. The number of aliphatic carboxylic acids is 1. The number of carboxylic acid groups (broad SMARTS) is 1. The molecule has 87 heavy (non-hydrogen) atoms. The van der Waals surface area contributed by atoms with Gasteiger partial charge in [-0.25, -0.2) is 23.9 Å². The molecule has 0 bridgehead atoms. The van der Waals surface area contributed by atoms with Crippen LogP contribution in [-0.4, -0.2) is 64.7 Å². The van der Waals surface area contributed by atoms with Gasteiger partial charge < -0.3 is 44.9 Å². The third-order valence-electron chi connectivity index (χ3n) is 14.5. The molecule has 17 heteroatoms. The maximum Gasteiger partial charge on any atom is 0.384 e. The third-order valence-corrected chi connectivity index (χ3v) is 14.8. The first-order valence-electron chi connectivity index (χ1n) is 29.6. The molecular formula is C70H87BClFN4O10. The lowest BCUT2D eigenvalue weighted by atomic mass is 9.73. The summed E-state index contributed by atoms with van der Waals surface area (Å²) in [4.78, 5) is 42.7. The topological polar surface area (TPSA) is 199 Å². The number of esters is 1. The number of amides is 1. The number of halogens is 2. The predicted molar refractivity (Wildman–Crippen MR) is 351 cm³/mol. The molecule has 0 saturated carbocycles. The molecule has 4 atom stereocenters. The minimum absolute atomic E-state index is 0. The Bertz CT molecular complexity index is 3360. The number of carboxylic acids is 1. The molecule has 0 unspecified atom stereocenters. The summed E-state index contributed by atoms with van der Waals surface area (Å²) in [5.74, 6) is 1.59. The lowest BCUT2D eigenvalue weighted by molar-refractivity contribution is -0.136. The second-order valence-corrected chi connectivity index (χ2v) is 21.5. The van der Waals surface area contributed by atoms with Crippen LogP contribution in [0.5, 0.6) is 28.7 Å². The molecule has 2 radical (unpaired) electrons. The second-order valence-electron chi connectivity index (χ2n) is 21.1. The standard InChI is InChI=1S/C39H42ClFN4O4.C24H32O4.C5H6O2.CH3B.CH4/c1-6-7-8-9-25-17-34(46)38(28-16-24(4)10-12-27(28)23(2)3)36(18-25)49-15-14-37(47)45-33-20-29-32(21-35(33)48-5)42-22-43-39(29)44-26-11-13-31(41)30(40)19-26;1-5-6-7-8-18-14-21(25)24(22(15-18)28-12-11-23(26)27)20-13-17(4)9-10-19(20)16(2)3;1-3-5(6)7-4-2;1-2;/h11,13-22,27-28,46H,2,6-10,12H2,1,3-5H3,(H,45,47)(H,42,43,44);11-15,19-20,25H,2,5-10H2,1,3-4H3,(H,26,27);1H,4H2,2H3;1H3;1H4/b15-14+;12-11+;;;/t27-,28+;19-,20+;;;/m00.../s1/i;;;1D;. The number of terminal acetylenes is 1. The lowest BCUT2D eigenvalue weighted by Crippen LogP contribution is -2.18. The Morgan fingerprint density at radius 3 is 1.80 bits per heavy atom. The first-order valence-corrected chi connectivity index (χ1v) is 29.3. The van der Waals surface area contributed by atoms with E-state index in [1.54, 1.807) is 31.0 Å². The van der Waals surface area contributed by atoms with Crippen molar-refractivity contribution in [3.63, 3.8) is 0 Å². The summed E-state index contributed by atoms with van der Waals surface area (Å²) in [6, 6.07) is 15.2. The number of ether oxygens (including phenoxy) is 4. The molecule has 1 amide bonds. The van der Waals surface area contributed by atoms with Gasteiger partial charge in [-0.05, 0) is 157 Å². The molecule has 0 saturated heterocycles. The highest BCUT2D eigenvalue weighted by molar-refractivity contribution is 6.31. The molecule has 5 aromatic rings. The summed E-state index contributed by atoms with van der Waals surface area (Å²) in [5, 5.41) is 37.7. The normalized spacial score (nSPS) is 16.0. The van der Waals surface area contributed by atoms with Gasteiger partial charge >= 0.3 is 11.9 Å². The average Bonchev–Trinajstić information content (AvgIpc) is 2.45. The van der Waals surface area contributed by atoms with E-state index in [0.29, 0.717) is 63.1 Å². The van der Waals surface area contributed by atoms with Crippen LogP contribution in [0.3, 0.4) is 0 Å². The van der Waals surface area contributed by atoms with Gasteiger partial charge in [0.2, 0.25) is 0 Å². The van der Waals surface area contributed by atoms with Gasteiger partial charge in [0.15, 0.2) is 0 Å². The van der Waals surface area contributed by atoms with Crippen LogP contribution in [0.1, 0.15) is 156 Å². The maximum absolute atomic E-state index is 13.7. The number of phenolic OH excluding ortho intramolecular Hbond substituents is 2. The highest BCUT2D eigenvalue weighted by Gasteiger charge is 2.32. The Hall–Kier alpha value is -8.29. The Balaban J connectivity index is 0.000000436. The van der Waals surface area contributed by atoms with Gasteiger partial charge in [-0.15, -0.1) is 6.42 Å². The number of benzene rings is 4. The van der Waals surface area contributed by atoms with Crippen LogP contribution < -0.4 is 24.8 Å². The molecule has 5 N–H and O–H groups in total. The molecular weight excluding hydrogens is 1120 g/mol. The number of anilines is 3. The average molecular weight is 1210 g/mol. The molecule has 1 aromatic heterocycles. The SMILES string of the molecule is C.C#CC(=O)OCC.C=C(C)[C@@H]1CCC(C)=C[C@H]1c1c(O)cc(CCCCC)cc1O/C=C/C(=O)Nc1cc2c(Nc3ccc(F)c(Cl)c3)ncnc2cc1OC.C=C(C)[C@@H]1CCC(C)=C[C@H]1c1c(O)cc(CCCCC)cc1O/C=C/C(=O)O.[2H]C[B]. The van der Waals surface area contributed by atoms with Crippen LogP contribution in [0.25, 0.3) is 10.9 Å². The van der Waals surface area contributed by atoms with Gasteiger partial charge in [0.25, 0.3) is 5.91 Å². The number of carbonyl (C=O) groups is 3. The van der Waals surface area contributed by atoms with E-state index in [1.807, 2.05) is 38.1 Å². The number of hydrogen-bond donors (Lipinski definition) is 5. The van der Waals surface area contributed by atoms with E-state index in [2.05, 4.69) is 92.6 Å². The van der Waals surface area contributed by atoms with Crippen LogP contribution >= 0.6 is 11.6 Å². The number of carbonyl (C=O) groups excluding carboxylic acids is 2. The van der Waals surface area contributed by atoms with Crippen LogP contribution in [-0.2, 0) is 32.0 Å². The number of fused-ring (bicyclic) bond motifs is 1. The number of nitrogens with zero attached hydrogens (tertiary/aromatic N) is 2. The predicted octanol–water partition coefficient (Wildman–Crippen LogP) is 17.3. The number of unbranched alkanes of at least 4 members (excludes halogenated alkanes) is 4. The summed E-state index contributed by atoms with van der Waals surface area (Å²) >= 11 is 5.97. The number of allylic oxidation sites excluding steroid dienone is 6. The van der Waals surface area contributed by atoms with Crippen LogP contribution in [0, 0.1) is 30.0 Å². The quantitative estimate of drug-likeness (QED) is 0.00606. The van der Waals surface area contributed by atoms with E-state index < -0.39 is 23.7 Å². The zero-order valence-electron chi connectivity index (χ0n) is 51.9. The maximum atomic E-state index is 13.7. The van der Waals surface area contributed by atoms with Gasteiger partial charge in [-0.3, -0.25) is 4.79 Å². The van der Waals surface area contributed by atoms with Gasteiger partial charge in [0.05, 0.1) is 56.4 Å². The summed E-state index contributed by atoms with van der Waals surface area (Å²) in [7, 11) is 6.01. The van der Waals surface area contributed by atoms with E-state index in [9.17, 15) is 29.0 Å². The van der Waals surface area contributed by atoms with E-state index in [0.717, 1.165) is 105 Å². The van der Waals surface area contributed by atoms with E-state index in [-0.39, 0.29) is 54.4 Å². The molecule has 4 aromatic carbocycles. The van der Waals surface area contributed by atoms with Crippen molar-refractivity contribution in [3.05, 3.63) is 166 Å². The van der Waals surface area contributed by atoms with Crippen molar-refractivity contribution in [2.24, 2.45) is 11.8 Å². The number of methoxy groups -OCH3 is 1. The van der Waals surface area contributed by atoms with Crippen molar-refractivity contribution < 1.29 is 54.4 Å². The number of aromatic nitrogens is 2. The first-order chi connectivity index (χ1) is 41.6. The van der Waals surface area contributed by atoms with Gasteiger partial charge in [-0.2, -0.15) is 0 Å². The van der Waals surface area contributed by atoms with E-state index >= 15 is 0 Å². The molecule has 7 rings (SSSR count). The molecule has 464 valence electrons. The van der Waals surface area contributed by atoms with E-state index in [4.69, 9.17) is 32.3 Å². The fourth-order valence-corrected chi connectivity index (χ4v) is 10.5. The molecule has 0 aliphatic heterocycles. The fourth-order valence-electron chi connectivity index (χ4n) is 10.3. The van der Waals surface area contributed by atoms with Crippen LogP contribution in [0.2, 0.25) is 11.8 Å². The largest absolute Gasteiger partial charge is 0.507 e. The third kappa shape index (κ3) is 22.2. The molecule has 1 heterocycles.